The van der Waals surface area contributed by atoms with E-state index in [1.165, 1.54) is 24.5 Å². The summed E-state index contributed by atoms with van der Waals surface area (Å²) in [4.78, 5) is 30.8. The van der Waals surface area contributed by atoms with Crippen molar-refractivity contribution in [2.45, 2.75) is 50.9 Å². The molecule has 1 N–H and O–H groups in total. The second-order valence-electron chi connectivity index (χ2n) is 9.28. The molecule has 1 aliphatic carbocycles. The number of hydrogen-bond acceptors (Lipinski definition) is 2. The summed E-state index contributed by atoms with van der Waals surface area (Å²) in [6.07, 6.45) is 8.65. The Labute approximate surface area is 187 Å². The summed E-state index contributed by atoms with van der Waals surface area (Å²) >= 11 is 0. The number of rotatable bonds is 5. The lowest BCUT2D eigenvalue weighted by molar-refractivity contribution is -0.136. The Morgan fingerprint density at radius 2 is 1.75 bits per heavy atom. The van der Waals surface area contributed by atoms with Gasteiger partial charge in [0.1, 0.15) is 5.82 Å². The van der Waals surface area contributed by atoms with Crippen molar-refractivity contribution < 1.29 is 14.0 Å². The van der Waals surface area contributed by atoms with Gasteiger partial charge < -0.3 is 9.88 Å². The van der Waals surface area contributed by atoms with Crippen LogP contribution in [0, 0.1) is 11.7 Å². The van der Waals surface area contributed by atoms with E-state index in [1.54, 1.807) is 18.2 Å². The van der Waals surface area contributed by atoms with Crippen LogP contribution in [0.25, 0.3) is 10.9 Å². The first-order valence-electron chi connectivity index (χ1n) is 11.8. The SMILES string of the molecule is O=C(Cc1ccc2[nH]cc(C3CCN(C(=O)C4CCCC4)CC3)c2c1)c1ccccc1F. The maximum atomic E-state index is 14.0. The molecule has 5 rings (SSSR count). The molecule has 2 aliphatic rings. The van der Waals surface area contributed by atoms with Crippen LogP contribution in [0.2, 0.25) is 0 Å². The number of carbonyl (C=O) groups excluding carboxylic acids is 2. The highest BCUT2D eigenvalue weighted by Crippen LogP contribution is 2.35. The first kappa shape index (κ1) is 20.9. The highest BCUT2D eigenvalue weighted by Gasteiger charge is 2.31. The number of carbonyl (C=O) groups is 2. The Kier molecular flexibility index (Phi) is 5.81. The minimum atomic E-state index is -0.472. The molecule has 4 nitrogen and oxygen atoms in total. The molecule has 5 heteroatoms. The Morgan fingerprint density at radius 3 is 2.50 bits per heavy atom. The molecule has 0 bridgehead atoms. The molecular weight excluding hydrogens is 403 g/mol. The summed E-state index contributed by atoms with van der Waals surface area (Å²) in [7, 11) is 0. The molecule has 2 heterocycles. The Hall–Kier alpha value is -2.95. The van der Waals surface area contributed by atoms with Crippen molar-refractivity contribution in [2.24, 2.45) is 5.92 Å². The third kappa shape index (κ3) is 4.08. The number of H-pyrrole nitrogens is 1. The van der Waals surface area contributed by atoms with Gasteiger partial charge in [0.2, 0.25) is 5.91 Å². The Morgan fingerprint density at radius 1 is 1.00 bits per heavy atom. The Balaban J connectivity index is 1.30. The number of ketones is 1. The largest absolute Gasteiger partial charge is 0.361 e. The third-order valence-corrected chi connectivity index (χ3v) is 7.27. The lowest BCUT2D eigenvalue weighted by Crippen LogP contribution is -2.40. The van der Waals surface area contributed by atoms with Crippen molar-refractivity contribution in [1.29, 1.82) is 0 Å². The number of aromatic amines is 1. The number of aromatic nitrogens is 1. The number of fused-ring (bicyclic) bond motifs is 1. The van der Waals surface area contributed by atoms with Gasteiger partial charge in [0.15, 0.2) is 5.78 Å². The van der Waals surface area contributed by atoms with E-state index in [0.717, 1.165) is 55.2 Å². The fourth-order valence-electron chi connectivity index (χ4n) is 5.45. The number of piperidine rings is 1. The molecule has 0 atom stereocenters. The van der Waals surface area contributed by atoms with Crippen LogP contribution >= 0.6 is 0 Å². The number of likely N-dealkylation sites (tertiary alicyclic amines) is 1. The summed E-state index contributed by atoms with van der Waals surface area (Å²) in [5, 5.41) is 1.13. The van der Waals surface area contributed by atoms with E-state index in [9.17, 15) is 14.0 Å². The fraction of sp³-hybridized carbons (Fsp3) is 0.407. The van der Waals surface area contributed by atoms with E-state index in [-0.39, 0.29) is 23.7 Å². The molecule has 3 aromatic rings. The summed E-state index contributed by atoms with van der Waals surface area (Å²) in [6.45, 7) is 1.64. The smallest absolute Gasteiger partial charge is 0.225 e. The van der Waals surface area contributed by atoms with Crippen LogP contribution in [0.4, 0.5) is 4.39 Å². The number of benzene rings is 2. The molecule has 166 valence electrons. The van der Waals surface area contributed by atoms with Crippen LogP contribution in [-0.4, -0.2) is 34.7 Å². The second-order valence-corrected chi connectivity index (χ2v) is 9.28. The fourth-order valence-corrected chi connectivity index (χ4v) is 5.45. The zero-order valence-electron chi connectivity index (χ0n) is 18.3. The van der Waals surface area contributed by atoms with E-state index < -0.39 is 5.82 Å². The molecule has 0 radical (unpaired) electrons. The first-order chi connectivity index (χ1) is 15.6. The topological polar surface area (TPSA) is 53.2 Å². The van der Waals surface area contributed by atoms with Crippen molar-refractivity contribution >= 4 is 22.6 Å². The molecule has 1 aliphatic heterocycles. The standard InChI is InChI=1S/C27H29FN2O2/c28-24-8-4-3-7-21(24)26(31)16-18-9-10-25-22(15-18)23(17-29-25)19-11-13-30(14-12-19)27(32)20-5-1-2-6-20/h3-4,7-10,15,17,19-20,29H,1-2,5-6,11-14,16H2. The molecule has 1 saturated heterocycles. The van der Waals surface area contributed by atoms with Gasteiger partial charge in [-0.15, -0.1) is 0 Å². The van der Waals surface area contributed by atoms with Crippen molar-refractivity contribution in [2.75, 3.05) is 13.1 Å². The van der Waals surface area contributed by atoms with Gasteiger partial charge in [0.05, 0.1) is 5.56 Å². The van der Waals surface area contributed by atoms with E-state index in [4.69, 9.17) is 0 Å². The molecular formula is C27H29FN2O2. The molecule has 1 saturated carbocycles. The van der Waals surface area contributed by atoms with Gasteiger partial charge in [0.25, 0.3) is 0 Å². The zero-order chi connectivity index (χ0) is 22.1. The van der Waals surface area contributed by atoms with Crippen molar-refractivity contribution in [3.8, 4) is 0 Å². The molecule has 1 amide bonds. The highest BCUT2D eigenvalue weighted by molar-refractivity contribution is 5.98. The predicted octanol–water partition coefficient (Wildman–Crippen LogP) is 5.63. The van der Waals surface area contributed by atoms with Gasteiger partial charge >= 0.3 is 0 Å². The number of nitrogens with zero attached hydrogens (tertiary/aromatic N) is 1. The monoisotopic (exact) mass is 432 g/mol. The number of hydrogen-bond donors (Lipinski definition) is 1. The van der Waals surface area contributed by atoms with E-state index >= 15 is 0 Å². The van der Waals surface area contributed by atoms with Crippen molar-refractivity contribution in [1.82, 2.24) is 9.88 Å². The van der Waals surface area contributed by atoms with Gasteiger partial charge in [-0.2, -0.15) is 0 Å². The van der Waals surface area contributed by atoms with Gasteiger partial charge in [-0.3, -0.25) is 9.59 Å². The molecule has 2 fully saturated rings. The van der Waals surface area contributed by atoms with Crippen LogP contribution in [0.15, 0.2) is 48.7 Å². The molecule has 2 aromatic carbocycles. The maximum Gasteiger partial charge on any atom is 0.225 e. The summed E-state index contributed by atoms with van der Waals surface area (Å²) in [5.41, 5.74) is 3.33. The van der Waals surface area contributed by atoms with E-state index in [1.807, 2.05) is 12.1 Å². The van der Waals surface area contributed by atoms with Crippen LogP contribution < -0.4 is 0 Å². The van der Waals surface area contributed by atoms with Crippen LogP contribution in [0.1, 0.15) is 65.9 Å². The predicted molar refractivity (Wildman–Crippen MR) is 123 cm³/mol. The van der Waals surface area contributed by atoms with Crippen LogP contribution in [0.5, 0.6) is 0 Å². The first-order valence-corrected chi connectivity index (χ1v) is 11.8. The minimum Gasteiger partial charge on any atom is -0.361 e. The lowest BCUT2D eigenvalue weighted by Gasteiger charge is -2.33. The summed E-state index contributed by atoms with van der Waals surface area (Å²) in [5.74, 6) is 0.315. The Bertz CT molecular complexity index is 1140. The van der Waals surface area contributed by atoms with E-state index in [0.29, 0.717) is 11.8 Å². The number of amides is 1. The van der Waals surface area contributed by atoms with E-state index in [2.05, 4.69) is 22.1 Å². The average Bonchev–Trinajstić information content (AvgIpc) is 3.49. The summed E-state index contributed by atoms with van der Waals surface area (Å²) < 4.78 is 14.0. The molecule has 1 aromatic heterocycles. The number of halogens is 1. The second kappa shape index (κ2) is 8.89. The van der Waals surface area contributed by atoms with Crippen LogP contribution in [-0.2, 0) is 11.2 Å². The molecule has 0 spiro atoms. The molecule has 32 heavy (non-hydrogen) atoms. The third-order valence-electron chi connectivity index (χ3n) is 7.27. The maximum absolute atomic E-state index is 14.0. The van der Waals surface area contributed by atoms with Gasteiger partial charge in [-0.25, -0.2) is 4.39 Å². The lowest BCUT2D eigenvalue weighted by atomic mass is 9.88. The van der Waals surface area contributed by atoms with Crippen molar-refractivity contribution in [3.05, 3.63) is 71.2 Å². The van der Waals surface area contributed by atoms with Gasteiger partial charge in [-0.1, -0.05) is 31.0 Å². The average molecular weight is 433 g/mol. The number of nitrogens with one attached hydrogen (secondary N) is 1. The minimum absolute atomic E-state index is 0.140. The van der Waals surface area contributed by atoms with Crippen molar-refractivity contribution in [3.63, 3.8) is 0 Å². The quantitative estimate of drug-likeness (QED) is 0.532. The highest BCUT2D eigenvalue weighted by atomic mass is 19.1. The zero-order valence-corrected chi connectivity index (χ0v) is 18.3. The summed E-state index contributed by atoms with van der Waals surface area (Å²) in [6, 6.07) is 12.1. The number of Topliss-reactive ketones (excluding diaryl/α,β-unsaturated/α-hetero) is 1. The molecule has 0 unspecified atom stereocenters. The normalized spacial score (nSPS) is 17.8. The van der Waals surface area contributed by atoms with Gasteiger partial charge in [-0.05, 0) is 67.0 Å². The van der Waals surface area contributed by atoms with Crippen LogP contribution in [0.3, 0.4) is 0 Å². The van der Waals surface area contributed by atoms with Gasteiger partial charge in [0, 0.05) is 42.5 Å².